The van der Waals surface area contributed by atoms with Crippen LogP contribution in [0.25, 0.3) is 0 Å². The summed E-state index contributed by atoms with van der Waals surface area (Å²) in [6.07, 6.45) is 5.32. The fourth-order valence-corrected chi connectivity index (χ4v) is 1.98. The molecule has 0 spiro atoms. The molecule has 0 aliphatic rings. The molecule has 2 heterocycles. The lowest BCUT2D eigenvalue weighted by Gasteiger charge is -2.09. The second kappa shape index (κ2) is 5.75. The molecule has 2 rings (SSSR count). The van der Waals surface area contributed by atoms with Crippen LogP contribution in [-0.2, 0) is 0 Å². The zero-order valence-electron chi connectivity index (χ0n) is 9.79. The van der Waals surface area contributed by atoms with Gasteiger partial charge in [0.25, 0.3) is 0 Å². The molecule has 17 heavy (non-hydrogen) atoms. The second-order valence-corrected chi connectivity index (χ2v) is 4.60. The van der Waals surface area contributed by atoms with E-state index >= 15 is 0 Å². The maximum Gasteiger partial charge on any atom is 0.192 e. The van der Waals surface area contributed by atoms with Crippen molar-refractivity contribution in [2.24, 2.45) is 0 Å². The molecule has 0 aromatic carbocycles. The van der Waals surface area contributed by atoms with Crippen molar-refractivity contribution >= 4 is 11.8 Å². The third kappa shape index (κ3) is 3.25. The van der Waals surface area contributed by atoms with Gasteiger partial charge in [-0.25, -0.2) is 9.97 Å². The highest BCUT2D eigenvalue weighted by Gasteiger charge is 2.04. The highest BCUT2D eigenvalue weighted by atomic mass is 32.2. The summed E-state index contributed by atoms with van der Waals surface area (Å²) in [5.41, 5.74) is 1.03. The van der Waals surface area contributed by atoms with Crippen molar-refractivity contribution in [3.8, 4) is 0 Å². The maximum absolute atomic E-state index is 4.41. The van der Waals surface area contributed by atoms with Crippen LogP contribution in [0.4, 0.5) is 0 Å². The lowest BCUT2D eigenvalue weighted by atomic mass is 10.2. The summed E-state index contributed by atoms with van der Waals surface area (Å²) >= 11 is 1.51. The smallest absolute Gasteiger partial charge is 0.192 e. The van der Waals surface area contributed by atoms with Gasteiger partial charge in [-0.1, -0.05) is 0 Å². The minimum atomic E-state index is 0.266. The first-order valence-electron chi connectivity index (χ1n) is 5.37. The van der Waals surface area contributed by atoms with E-state index in [1.165, 1.54) is 11.8 Å². The Bertz CT molecular complexity index is 458. The van der Waals surface area contributed by atoms with Gasteiger partial charge in [0.15, 0.2) is 5.16 Å². The standard InChI is InChI=1S/C12H14N4S/c1-9(13-2)11-5-4-10(8-16-11)17-12-14-6-3-7-15-12/h3-9,13H,1-2H3. The van der Waals surface area contributed by atoms with Crippen molar-refractivity contribution in [2.75, 3.05) is 7.05 Å². The molecule has 0 aliphatic carbocycles. The lowest BCUT2D eigenvalue weighted by molar-refractivity contribution is 0.631. The van der Waals surface area contributed by atoms with Gasteiger partial charge in [0.1, 0.15) is 0 Å². The number of hydrogen-bond acceptors (Lipinski definition) is 5. The number of hydrogen-bond donors (Lipinski definition) is 1. The molecule has 0 fully saturated rings. The van der Waals surface area contributed by atoms with Crippen LogP contribution in [0.1, 0.15) is 18.7 Å². The van der Waals surface area contributed by atoms with Crippen LogP contribution in [0, 0.1) is 0 Å². The quantitative estimate of drug-likeness (QED) is 0.839. The molecule has 4 nitrogen and oxygen atoms in total. The Morgan fingerprint density at radius 3 is 2.53 bits per heavy atom. The van der Waals surface area contributed by atoms with Crippen LogP contribution in [0.3, 0.4) is 0 Å². The Kier molecular flexibility index (Phi) is 4.06. The third-order valence-electron chi connectivity index (χ3n) is 2.39. The van der Waals surface area contributed by atoms with Gasteiger partial charge in [-0.15, -0.1) is 0 Å². The Balaban J connectivity index is 2.08. The van der Waals surface area contributed by atoms with E-state index in [2.05, 4.69) is 27.2 Å². The molecule has 1 atom stereocenters. The molecule has 2 aromatic heterocycles. The second-order valence-electron chi connectivity index (χ2n) is 3.56. The maximum atomic E-state index is 4.41. The fourth-order valence-electron chi connectivity index (χ4n) is 1.30. The summed E-state index contributed by atoms with van der Waals surface area (Å²) in [5.74, 6) is 0. The van der Waals surface area contributed by atoms with Crippen LogP contribution < -0.4 is 5.32 Å². The number of rotatable bonds is 4. The van der Waals surface area contributed by atoms with Crippen molar-refractivity contribution in [1.82, 2.24) is 20.3 Å². The summed E-state index contributed by atoms with van der Waals surface area (Å²) < 4.78 is 0. The number of pyridine rings is 1. The van der Waals surface area contributed by atoms with Gasteiger partial charge in [0.05, 0.1) is 5.69 Å². The first-order valence-corrected chi connectivity index (χ1v) is 6.19. The van der Waals surface area contributed by atoms with E-state index < -0.39 is 0 Å². The summed E-state index contributed by atoms with van der Waals surface area (Å²) in [7, 11) is 1.92. The number of nitrogens with one attached hydrogen (secondary N) is 1. The largest absolute Gasteiger partial charge is 0.312 e. The molecule has 0 saturated carbocycles. The molecule has 88 valence electrons. The molecule has 0 bridgehead atoms. The molecule has 1 unspecified atom stereocenters. The molecule has 0 radical (unpaired) electrons. The highest BCUT2D eigenvalue weighted by molar-refractivity contribution is 7.99. The summed E-state index contributed by atoms with van der Waals surface area (Å²) in [6, 6.07) is 6.13. The van der Waals surface area contributed by atoms with Gasteiger partial charge in [0.2, 0.25) is 0 Å². The molecule has 0 aliphatic heterocycles. The topological polar surface area (TPSA) is 50.7 Å². The van der Waals surface area contributed by atoms with Gasteiger partial charge < -0.3 is 5.32 Å². The molecule has 1 N–H and O–H groups in total. The average Bonchev–Trinajstić information content (AvgIpc) is 2.40. The van der Waals surface area contributed by atoms with E-state index in [4.69, 9.17) is 0 Å². The van der Waals surface area contributed by atoms with Crippen molar-refractivity contribution in [3.05, 3.63) is 42.5 Å². The summed E-state index contributed by atoms with van der Waals surface area (Å²) in [5, 5.41) is 3.90. The molecular formula is C12H14N4S. The van der Waals surface area contributed by atoms with E-state index in [-0.39, 0.29) is 6.04 Å². The van der Waals surface area contributed by atoms with Crippen LogP contribution >= 0.6 is 11.8 Å². The predicted molar refractivity (Wildman–Crippen MR) is 67.9 cm³/mol. The van der Waals surface area contributed by atoms with Crippen molar-refractivity contribution in [1.29, 1.82) is 0 Å². The normalized spacial score (nSPS) is 12.4. The molecule has 0 saturated heterocycles. The van der Waals surface area contributed by atoms with Gasteiger partial charge in [-0.3, -0.25) is 4.98 Å². The first kappa shape index (κ1) is 12.0. The Hall–Kier alpha value is -1.46. The summed E-state index contributed by atoms with van der Waals surface area (Å²) in [6.45, 7) is 2.08. The van der Waals surface area contributed by atoms with Crippen LogP contribution in [0.2, 0.25) is 0 Å². The Morgan fingerprint density at radius 1 is 1.18 bits per heavy atom. The van der Waals surface area contributed by atoms with E-state index in [1.807, 2.05) is 25.4 Å². The van der Waals surface area contributed by atoms with Gasteiger partial charge >= 0.3 is 0 Å². The van der Waals surface area contributed by atoms with Gasteiger partial charge in [-0.2, -0.15) is 0 Å². The SMILES string of the molecule is CNC(C)c1ccc(Sc2ncccn2)cn1. The number of aromatic nitrogens is 3. The highest BCUT2D eigenvalue weighted by Crippen LogP contribution is 2.23. The van der Waals surface area contributed by atoms with E-state index in [9.17, 15) is 0 Å². The van der Waals surface area contributed by atoms with Crippen molar-refractivity contribution in [3.63, 3.8) is 0 Å². The van der Waals surface area contributed by atoms with Crippen LogP contribution in [-0.4, -0.2) is 22.0 Å². The first-order chi connectivity index (χ1) is 8.29. The zero-order chi connectivity index (χ0) is 12.1. The Morgan fingerprint density at radius 2 is 1.94 bits per heavy atom. The lowest BCUT2D eigenvalue weighted by Crippen LogP contribution is -2.13. The predicted octanol–water partition coefficient (Wildman–Crippen LogP) is 2.30. The van der Waals surface area contributed by atoms with Gasteiger partial charge in [0, 0.05) is 29.5 Å². The Labute approximate surface area is 105 Å². The van der Waals surface area contributed by atoms with E-state index in [1.54, 1.807) is 18.5 Å². The molecule has 5 heteroatoms. The fraction of sp³-hybridized carbons (Fsp3) is 0.250. The summed E-state index contributed by atoms with van der Waals surface area (Å²) in [4.78, 5) is 13.8. The average molecular weight is 246 g/mol. The van der Waals surface area contributed by atoms with Crippen LogP contribution in [0.15, 0.2) is 46.8 Å². The zero-order valence-corrected chi connectivity index (χ0v) is 10.6. The van der Waals surface area contributed by atoms with Crippen LogP contribution in [0.5, 0.6) is 0 Å². The van der Waals surface area contributed by atoms with Crippen molar-refractivity contribution < 1.29 is 0 Å². The van der Waals surface area contributed by atoms with E-state index in [0.717, 1.165) is 15.7 Å². The van der Waals surface area contributed by atoms with E-state index in [0.29, 0.717) is 0 Å². The molecule has 0 amide bonds. The van der Waals surface area contributed by atoms with Gasteiger partial charge in [-0.05, 0) is 43.9 Å². The molecular weight excluding hydrogens is 232 g/mol. The number of nitrogens with zero attached hydrogens (tertiary/aromatic N) is 3. The third-order valence-corrected chi connectivity index (χ3v) is 3.26. The molecule has 2 aromatic rings. The van der Waals surface area contributed by atoms with Crippen molar-refractivity contribution in [2.45, 2.75) is 23.0 Å². The monoisotopic (exact) mass is 246 g/mol. The minimum Gasteiger partial charge on any atom is -0.312 e. The minimum absolute atomic E-state index is 0.266.